The average molecular weight is 267 g/mol. The van der Waals surface area contributed by atoms with E-state index in [9.17, 15) is 13.6 Å². The van der Waals surface area contributed by atoms with Gasteiger partial charge in [-0.1, -0.05) is 19.4 Å². The Hall–Kier alpha value is -1.45. The van der Waals surface area contributed by atoms with Gasteiger partial charge in [0.25, 0.3) is 5.91 Å². The van der Waals surface area contributed by atoms with Crippen molar-refractivity contribution < 1.29 is 13.6 Å². The van der Waals surface area contributed by atoms with Gasteiger partial charge in [-0.3, -0.25) is 4.79 Å². The van der Waals surface area contributed by atoms with E-state index in [4.69, 9.17) is 0 Å². The van der Waals surface area contributed by atoms with Gasteiger partial charge in [0.15, 0.2) is 11.6 Å². The summed E-state index contributed by atoms with van der Waals surface area (Å²) in [4.78, 5) is 13.9. The van der Waals surface area contributed by atoms with Crippen LogP contribution in [0.1, 0.15) is 43.0 Å². The number of likely N-dealkylation sites (tertiary alicyclic amines) is 1. The molecule has 1 saturated heterocycles. The van der Waals surface area contributed by atoms with Crippen LogP contribution in [0, 0.1) is 17.6 Å². The molecule has 2 rings (SSSR count). The van der Waals surface area contributed by atoms with Crippen LogP contribution in [0.4, 0.5) is 8.78 Å². The lowest BCUT2D eigenvalue weighted by Gasteiger charge is -2.21. The van der Waals surface area contributed by atoms with E-state index >= 15 is 0 Å². The van der Waals surface area contributed by atoms with Crippen molar-refractivity contribution in [2.24, 2.45) is 5.92 Å². The number of rotatable bonds is 2. The van der Waals surface area contributed by atoms with E-state index in [2.05, 4.69) is 6.92 Å². The van der Waals surface area contributed by atoms with Crippen molar-refractivity contribution in [2.75, 3.05) is 13.1 Å². The molecule has 2 nitrogen and oxygen atoms in total. The van der Waals surface area contributed by atoms with Crippen molar-refractivity contribution in [3.63, 3.8) is 0 Å². The number of halogens is 2. The maximum absolute atomic E-state index is 13.6. The molecule has 0 bridgehead atoms. The van der Waals surface area contributed by atoms with Gasteiger partial charge in [0.1, 0.15) is 0 Å². The van der Waals surface area contributed by atoms with Crippen LogP contribution in [0.15, 0.2) is 18.2 Å². The zero-order valence-electron chi connectivity index (χ0n) is 11.2. The first-order valence-corrected chi connectivity index (χ1v) is 6.86. The topological polar surface area (TPSA) is 20.3 Å². The molecule has 1 unspecified atom stereocenters. The van der Waals surface area contributed by atoms with Gasteiger partial charge in [-0.25, -0.2) is 8.78 Å². The maximum atomic E-state index is 13.6. The Kier molecular flexibility index (Phi) is 4.51. The van der Waals surface area contributed by atoms with E-state index in [1.54, 1.807) is 4.90 Å². The Morgan fingerprint density at radius 3 is 2.84 bits per heavy atom. The van der Waals surface area contributed by atoms with Gasteiger partial charge in [0.2, 0.25) is 0 Å². The van der Waals surface area contributed by atoms with Crippen molar-refractivity contribution in [3.8, 4) is 0 Å². The smallest absolute Gasteiger partial charge is 0.256 e. The Balaban J connectivity index is 2.13. The zero-order valence-corrected chi connectivity index (χ0v) is 11.2. The summed E-state index contributed by atoms with van der Waals surface area (Å²) in [6, 6.07) is 3.75. The van der Waals surface area contributed by atoms with Crippen molar-refractivity contribution in [2.45, 2.75) is 32.6 Å². The highest BCUT2D eigenvalue weighted by Crippen LogP contribution is 2.22. The Morgan fingerprint density at radius 2 is 2.11 bits per heavy atom. The van der Waals surface area contributed by atoms with Crippen molar-refractivity contribution in [3.05, 3.63) is 35.4 Å². The second kappa shape index (κ2) is 6.13. The SMILES string of the molecule is CCC1CCCN(C(=O)c2cccc(F)c2F)CC1. The lowest BCUT2D eigenvalue weighted by molar-refractivity contribution is 0.0754. The summed E-state index contributed by atoms with van der Waals surface area (Å²) in [7, 11) is 0. The van der Waals surface area contributed by atoms with E-state index in [1.807, 2.05) is 0 Å². The molecule has 1 heterocycles. The third-order valence-electron chi connectivity index (χ3n) is 3.89. The summed E-state index contributed by atoms with van der Waals surface area (Å²) in [5.41, 5.74) is -0.157. The van der Waals surface area contributed by atoms with Crippen LogP contribution >= 0.6 is 0 Å². The van der Waals surface area contributed by atoms with E-state index in [-0.39, 0.29) is 5.56 Å². The highest BCUT2D eigenvalue weighted by Gasteiger charge is 2.23. The van der Waals surface area contributed by atoms with Gasteiger partial charge >= 0.3 is 0 Å². The fourth-order valence-electron chi connectivity index (χ4n) is 2.62. The predicted octanol–water partition coefficient (Wildman–Crippen LogP) is 3.62. The van der Waals surface area contributed by atoms with Crippen molar-refractivity contribution in [1.82, 2.24) is 4.90 Å². The molecular weight excluding hydrogens is 248 g/mol. The summed E-state index contributed by atoms with van der Waals surface area (Å²) in [5.74, 6) is -1.76. The molecule has 0 N–H and O–H groups in total. The van der Waals surface area contributed by atoms with Crippen LogP contribution in [-0.4, -0.2) is 23.9 Å². The molecule has 0 aliphatic carbocycles. The number of amides is 1. The highest BCUT2D eigenvalue weighted by molar-refractivity contribution is 5.94. The monoisotopic (exact) mass is 267 g/mol. The minimum Gasteiger partial charge on any atom is -0.339 e. The average Bonchev–Trinajstić information content (AvgIpc) is 2.66. The van der Waals surface area contributed by atoms with Gasteiger partial charge < -0.3 is 4.90 Å². The number of hydrogen-bond acceptors (Lipinski definition) is 1. The van der Waals surface area contributed by atoms with Crippen LogP contribution < -0.4 is 0 Å². The Labute approximate surface area is 112 Å². The fourth-order valence-corrected chi connectivity index (χ4v) is 2.62. The summed E-state index contributed by atoms with van der Waals surface area (Å²) < 4.78 is 26.8. The highest BCUT2D eigenvalue weighted by atomic mass is 19.2. The summed E-state index contributed by atoms with van der Waals surface area (Å²) in [6.45, 7) is 3.41. The van der Waals surface area contributed by atoms with Crippen molar-refractivity contribution >= 4 is 5.91 Å². The van der Waals surface area contributed by atoms with Gasteiger partial charge in [-0.05, 0) is 37.3 Å². The standard InChI is InChI=1S/C15H19F2NO/c1-2-11-5-4-9-18(10-8-11)15(19)12-6-3-7-13(16)14(12)17/h3,6-7,11H,2,4-5,8-10H2,1H3. The molecular formula is C15H19F2NO. The molecule has 1 atom stereocenters. The largest absolute Gasteiger partial charge is 0.339 e. The van der Waals surface area contributed by atoms with Crippen LogP contribution in [0.2, 0.25) is 0 Å². The van der Waals surface area contributed by atoms with Gasteiger partial charge in [0.05, 0.1) is 5.56 Å². The van der Waals surface area contributed by atoms with Gasteiger partial charge in [0, 0.05) is 13.1 Å². The molecule has 0 spiro atoms. The van der Waals surface area contributed by atoms with Crippen LogP contribution in [0.5, 0.6) is 0 Å². The Morgan fingerprint density at radius 1 is 1.32 bits per heavy atom. The van der Waals surface area contributed by atoms with Crippen LogP contribution in [0.25, 0.3) is 0 Å². The number of nitrogens with zero attached hydrogens (tertiary/aromatic N) is 1. The molecule has 1 aliphatic heterocycles. The Bertz CT molecular complexity index is 461. The van der Waals surface area contributed by atoms with Crippen LogP contribution in [-0.2, 0) is 0 Å². The predicted molar refractivity (Wildman–Crippen MR) is 69.9 cm³/mol. The molecule has 0 radical (unpaired) electrons. The van der Waals surface area contributed by atoms with Crippen molar-refractivity contribution in [1.29, 1.82) is 0 Å². The molecule has 4 heteroatoms. The van der Waals surface area contributed by atoms with E-state index in [0.29, 0.717) is 19.0 Å². The second-order valence-corrected chi connectivity index (χ2v) is 5.10. The van der Waals surface area contributed by atoms with E-state index in [0.717, 1.165) is 31.7 Å². The first-order chi connectivity index (χ1) is 9.13. The molecule has 0 aromatic heterocycles. The summed E-state index contributed by atoms with van der Waals surface area (Å²) in [5, 5.41) is 0. The van der Waals surface area contributed by atoms with E-state index in [1.165, 1.54) is 12.1 Å². The third-order valence-corrected chi connectivity index (χ3v) is 3.89. The van der Waals surface area contributed by atoms with Gasteiger partial charge in [-0.15, -0.1) is 0 Å². The molecule has 1 aromatic rings. The number of benzene rings is 1. The lowest BCUT2D eigenvalue weighted by atomic mass is 9.98. The molecule has 0 saturated carbocycles. The number of hydrogen-bond donors (Lipinski definition) is 0. The normalized spacial score (nSPS) is 20.2. The quantitative estimate of drug-likeness (QED) is 0.801. The fraction of sp³-hybridized carbons (Fsp3) is 0.533. The first-order valence-electron chi connectivity index (χ1n) is 6.86. The molecule has 1 fully saturated rings. The zero-order chi connectivity index (χ0) is 13.8. The minimum absolute atomic E-state index is 0.157. The maximum Gasteiger partial charge on any atom is 0.256 e. The van der Waals surface area contributed by atoms with E-state index < -0.39 is 17.5 Å². The lowest BCUT2D eigenvalue weighted by Crippen LogP contribution is -2.32. The molecule has 19 heavy (non-hydrogen) atoms. The minimum atomic E-state index is -1.04. The van der Waals surface area contributed by atoms with Crippen LogP contribution in [0.3, 0.4) is 0 Å². The summed E-state index contributed by atoms with van der Waals surface area (Å²) >= 11 is 0. The molecule has 1 aliphatic rings. The first kappa shape index (κ1) is 14.0. The molecule has 1 aromatic carbocycles. The number of carbonyl (C=O) groups is 1. The summed E-state index contributed by atoms with van der Waals surface area (Å²) in [6.07, 6.45) is 4.09. The second-order valence-electron chi connectivity index (χ2n) is 5.10. The number of carbonyl (C=O) groups excluding carboxylic acids is 1. The molecule has 104 valence electrons. The van der Waals surface area contributed by atoms with Gasteiger partial charge in [-0.2, -0.15) is 0 Å². The molecule has 1 amide bonds. The third kappa shape index (κ3) is 3.11.